The fourth-order valence-electron chi connectivity index (χ4n) is 3.04. The van der Waals surface area contributed by atoms with Crippen LogP contribution in [0.3, 0.4) is 0 Å². The number of fused-ring (bicyclic) bond motifs is 1. The maximum Gasteiger partial charge on any atom is 0.320 e. The van der Waals surface area contributed by atoms with Crippen LogP contribution in [0.1, 0.15) is 37.8 Å². The molecule has 2 rings (SSSR count). The molecule has 6 nitrogen and oxygen atoms in total. The monoisotopic (exact) mass is 362 g/mol. The van der Waals surface area contributed by atoms with Crippen LogP contribution in [-0.2, 0) is 30.2 Å². The van der Waals surface area contributed by atoms with E-state index < -0.39 is 17.9 Å². The average molecular weight is 362 g/mol. The van der Waals surface area contributed by atoms with Gasteiger partial charge in [0.15, 0.2) is 12.7 Å². The minimum absolute atomic E-state index is 0.170. The number of ether oxygens (including phenoxy) is 4. The summed E-state index contributed by atoms with van der Waals surface area (Å²) in [5.41, 5.74) is 2.98. The van der Waals surface area contributed by atoms with Crippen LogP contribution >= 0.6 is 0 Å². The highest BCUT2D eigenvalue weighted by Crippen LogP contribution is 2.36. The number of hydrogen-bond acceptors (Lipinski definition) is 6. The lowest BCUT2D eigenvalue weighted by atomic mass is 9.85. The van der Waals surface area contributed by atoms with Crippen LogP contribution in [-0.4, -0.2) is 39.1 Å². The predicted molar refractivity (Wildman–Crippen MR) is 96.6 cm³/mol. The van der Waals surface area contributed by atoms with Crippen molar-refractivity contribution in [1.82, 2.24) is 0 Å². The second-order valence-electron chi connectivity index (χ2n) is 5.86. The Hall–Kier alpha value is -2.34. The Morgan fingerprint density at radius 1 is 1.12 bits per heavy atom. The molecule has 0 heterocycles. The van der Waals surface area contributed by atoms with Gasteiger partial charge in [0.1, 0.15) is 5.75 Å². The Labute approximate surface area is 154 Å². The summed E-state index contributed by atoms with van der Waals surface area (Å²) in [4.78, 5) is 24.5. The van der Waals surface area contributed by atoms with E-state index in [0.29, 0.717) is 0 Å². The van der Waals surface area contributed by atoms with E-state index in [0.717, 1.165) is 35.3 Å². The molecule has 1 aliphatic carbocycles. The third kappa shape index (κ3) is 4.85. The third-order valence-electron chi connectivity index (χ3n) is 4.16. The van der Waals surface area contributed by atoms with E-state index in [2.05, 4.69) is 6.08 Å². The highest BCUT2D eigenvalue weighted by atomic mass is 16.7. The first-order chi connectivity index (χ1) is 12.6. The summed E-state index contributed by atoms with van der Waals surface area (Å²) >= 11 is 0. The first-order valence-electron chi connectivity index (χ1n) is 8.88. The highest BCUT2D eigenvalue weighted by molar-refractivity contribution is 5.97. The Kier molecular flexibility index (Phi) is 7.66. The summed E-state index contributed by atoms with van der Waals surface area (Å²) in [5, 5.41) is 0. The van der Waals surface area contributed by atoms with Gasteiger partial charge in [-0.25, -0.2) is 0 Å². The molecule has 6 heteroatoms. The van der Waals surface area contributed by atoms with Gasteiger partial charge in [0.05, 0.1) is 13.2 Å². The van der Waals surface area contributed by atoms with Gasteiger partial charge < -0.3 is 18.9 Å². The van der Waals surface area contributed by atoms with Crippen molar-refractivity contribution in [3.8, 4) is 5.75 Å². The van der Waals surface area contributed by atoms with Gasteiger partial charge in [-0.2, -0.15) is 0 Å². The molecule has 0 atom stereocenters. The molecule has 0 bridgehead atoms. The molecule has 0 spiro atoms. The Morgan fingerprint density at radius 2 is 1.81 bits per heavy atom. The summed E-state index contributed by atoms with van der Waals surface area (Å²) in [6.07, 6.45) is 3.96. The van der Waals surface area contributed by atoms with Gasteiger partial charge in [-0.3, -0.25) is 9.59 Å². The second-order valence-corrected chi connectivity index (χ2v) is 5.86. The second kappa shape index (κ2) is 9.97. The standard InChI is InChI=1S/C20H26O6/c1-4-24-19(21)17(20(22)25-5-2)12-14-8-6-10-16-15(14)9-7-11-18(16)26-13-23-3/h7-9,11,17H,4-6,10,12-13H2,1-3H3. The van der Waals surface area contributed by atoms with Crippen molar-refractivity contribution < 1.29 is 28.5 Å². The van der Waals surface area contributed by atoms with Crippen molar-refractivity contribution in [1.29, 1.82) is 0 Å². The van der Waals surface area contributed by atoms with E-state index in [-0.39, 0.29) is 26.4 Å². The van der Waals surface area contributed by atoms with Gasteiger partial charge in [-0.05, 0) is 50.3 Å². The lowest BCUT2D eigenvalue weighted by Crippen LogP contribution is -2.28. The van der Waals surface area contributed by atoms with Crippen molar-refractivity contribution in [3.05, 3.63) is 35.4 Å². The zero-order valence-corrected chi connectivity index (χ0v) is 15.6. The van der Waals surface area contributed by atoms with Crippen LogP contribution in [0.5, 0.6) is 5.75 Å². The van der Waals surface area contributed by atoms with Gasteiger partial charge in [-0.1, -0.05) is 18.2 Å². The lowest BCUT2D eigenvalue weighted by molar-refractivity contribution is -0.161. The van der Waals surface area contributed by atoms with Crippen LogP contribution in [0.15, 0.2) is 24.3 Å². The first kappa shape index (κ1) is 20.0. The van der Waals surface area contributed by atoms with Gasteiger partial charge >= 0.3 is 11.9 Å². The SMILES string of the molecule is CCOC(=O)C(CC1=CCCc2c(OCOC)cccc21)C(=O)OCC. The molecule has 0 amide bonds. The van der Waals surface area contributed by atoms with E-state index in [1.54, 1.807) is 21.0 Å². The van der Waals surface area contributed by atoms with Crippen molar-refractivity contribution in [2.45, 2.75) is 33.1 Å². The highest BCUT2D eigenvalue weighted by Gasteiger charge is 2.32. The Morgan fingerprint density at radius 3 is 2.42 bits per heavy atom. The van der Waals surface area contributed by atoms with E-state index in [4.69, 9.17) is 18.9 Å². The molecule has 0 unspecified atom stereocenters. The number of carbonyl (C=O) groups is 2. The molecule has 0 saturated heterocycles. The summed E-state index contributed by atoms with van der Waals surface area (Å²) in [6, 6.07) is 5.77. The molecule has 142 valence electrons. The van der Waals surface area contributed by atoms with Gasteiger partial charge in [0.2, 0.25) is 0 Å². The van der Waals surface area contributed by atoms with Crippen molar-refractivity contribution >= 4 is 17.5 Å². The Bertz CT molecular complexity index is 646. The van der Waals surface area contributed by atoms with E-state index in [1.165, 1.54) is 0 Å². The average Bonchev–Trinajstić information content (AvgIpc) is 2.64. The number of methoxy groups -OCH3 is 1. The molecule has 1 aliphatic rings. The number of hydrogen-bond donors (Lipinski definition) is 0. The quantitative estimate of drug-likeness (QED) is 0.382. The summed E-state index contributed by atoms with van der Waals surface area (Å²) < 4.78 is 20.8. The smallest absolute Gasteiger partial charge is 0.320 e. The molecular weight excluding hydrogens is 336 g/mol. The topological polar surface area (TPSA) is 71.1 Å². The number of rotatable bonds is 9. The normalized spacial score (nSPS) is 13.0. The Balaban J connectivity index is 2.26. The van der Waals surface area contributed by atoms with E-state index in [1.807, 2.05) is 18.2 Å². The van der Waals surface area contributed by atoms with Crippen LogP contribution in [0.2, 0.25) is 0 Å². The molecular formula is C20H26O6. The van der Waals surface area contributed by atoms with Crippen LogP contribution < -0.4 is 4.74 Å². The fourth-order valence-corrected chi connectivity index (χ4v) is 3.04. The van der Waals surface area contributed by atoms with Crippen LogP contribution in [0, 0.1) is 5.92 Å². The van der Waals surface area contributed by atoms with Crippen molar-refractivity contribution in [2.24, 2.45) is 5.92 Å². The zero-order chi connectivity index (χ0) is 18.9. The fraction of sp³-hybridized carbons (Fsp3) is 0.500. The molecule has 26 heavy (non-hydrogen) atoms. The number of allylic oxidation sites excluding steroid dienone is 2. The summed E-state index contributed by atoms with van der Waals surface area (Å²) in [6.45, 7) is 4.05. The van der Waals surface area contributed by atoms with Crippen LogP contribution in [0.4, 0.5) is 0 Å². The molecule has 1 aromatic rings. The largest absolute Gasteiger partial charge is 0.467 e. The molecule has 0 N–H and O–H groups in total. The zero-order valence-electron chi connectivity index (χ0n) is 15.6. The van der Waals surface area contributed by atoms with Crippen LogP contribution in [0.25, 0.3) is 5.57 Å². The summed E-state index contributed by atoms with van der Waals surface area (Å²) in [5.74, 6) is -1.30. The van der Waals surface area contributed by atoms with Gasteiger partial charge in [0.25, 0.3) is 0 Å². The predicted octanol–water partition coefficient (Wildman–Crippen LogP) is 3.13. The van der Waals surface area contributed by atoms with Gasteiger partial charge in [0, 0.05) is 12.7 Å². The number of esters is 2. The van der Waals surface area contributed by atoms with Crippen molar-refractivity contribution in [2.75, 3.05) is 27.1 Å². The number of benzene rings is 1. The van der Waals surface area contributed by atoms with Crippen molar-refractivity contribution in [3.63, 3.8) is 0 Å². The lowest BCUT2D eigenvalue weighted by Gasteiger charge is -2.23. The minimum Gasteiger partial charge on any atom is -0.467 e. The van der Waals surface area contributed by atoms with E-state index >= 15 is 0 Å². The van der Waals surface area contributed by atoms with Gasteiger partial charge in [-0.15, -0.1) is 0 Å². The third-order valence-corrected chi connectivity index (χ3v) is 4.16. The maximum atomic E-state index is 12.3. The molecule has 0 fully saturated rings. The molecule has 1 aromatic carbocycles. The number of carbonyl (C=O) groups excluding carboxylic acids is 2. The molecule has 0 aliphatic heterocycles. The first-order valence-corrected chi connectivity index (χ1v) is 8.88. The maximum absolute atomic E-state index is 12.3. The molecule has 0 radical (unpaired) electrons. The summed E-state index contributed by atoms with van der Waals surface area (Å²) in [7, 11) is 1.57. The molecule has 0 saturated carbocycles. The minimum atomic E-state index is -0.962. The van der Waals surface area contributed by atoms with E-state index in [9.17, 15) is 9.59 Å². The molecule has 0 aromatic heterocycles.